The fraction of sp³-hybridized carbons (Fsp3) is 0.500. The molecule has 3 nitrogen and oxygen atoms in total. The van der Waals surface area contributed by atoms with Gasteiger partial charge in [0.2, 0.25) is 0 Å². The van der Waals surface area contributed by atoms with Crippen molar-refractivity contribution in [1.29, 1.82) is 0 Å². The predicted octanol–water partition coefficient (Wildman–Crippen LogP) is 2.99. The molecule has 0 atom stereocenters. The molecule has 0 fully saturated rings. The number of rotatable bonds is 6. The normalized spacial score (nSPS) is 10.4. The van der Waals surface area contributed by atoms with Gasteiger partial charge in [-0.3, -0.25) is 4.79 Å². The van der Waals surface area contributed by atoms with Crippen molar-refractivity contribution in [2.45, 2.75) is 26.2 Å². The van der Waals surface area contributed by atoms with E-state index in [-0.39, 0.29) is 12.5 Å². The Morgan fingerprint density at radius 3 is 2.67 bits per heavy atom. The molecule has 100 valence electrons. The first-order valence-electron chi connectivity index (χ1n) is 6.18. The number of unbranched alkanes of at least 4 members (excludes halogenated alkanes) is 2. The van der Waals surface area contributed by atoms with Crippen LogP contribution in [0.5, 0.6) is 0 Å². The molecule has 0 aliphatic rings. The Kier molecular flexibility index (Phi) is 6.36. The summed E-state index contributed by atoms with van der Waals surface area (Å²) in [6.07, 6.45) is 2.69. The number of hydrogen-bond donors (Lipinski definition) is 1. The smallest absolute Gasteiger partial charge is 0.253 e. The van der Waals surface area contributed by atoms with Crippen LogP contribution in [0.1, 0.15) is 35.2 Å². The molecular weight excluding hydrogens is 294 g/mol. The minimum Gasteiger partial charge on any atom is -0.396 e. The number of halogens is 1. The molecule has 1 aromatic carbocycles. The van der Waals surface area contributed by atoms with E-state index in [1.54, 1.807) is 4.90 Å². The van der Waals surface area contributed by atoms with Gasteiger partial charge in [0.15, 0.2) is 0 Å². The summed E-state index contributed by atoms with van der Waals surface area (Å²) in [5, 5.41) is 8.69. The molecule has 0 unspecified atom stereocenters. The van der Waals surface area contributed by atoms with Crippen LogP contribution >= 0.6 is 15.9 Å². The number of amides is 1. The minimum absolute atomic E-state index is 0.0506. The predicted molar refractivity (Wildman–Crippen MR) is 76.8 cm³/mol. The average Bonchev–Trinajstić information content (AvgIpc) is 2.37. The van der Waals surface area contributed by atoms with Crippen LogP contribution in [0.3, 0.4) is 0 Å². The number of aliphatic hydroxyl groups excluding tert-OH is 1. The first-order chi connectivity index (χ1) is 8.56. The van der Waals surface area contributed by atoms with Gasteiger partial charge in [-0.05, 0) is 49.9 Å². The summed E-state index contributed by atoms with van der Waals surface area (Å²) >= 11 is 3.43. The van der Waals surface area contributed by atoms with Gasteiger partial charge in [0.1, 0.15) is 0 Å². The Hall–Kier alpha value is -0.870. The largest absolute Gasteiger partial charge is 0.396 e. The van der Waals surface area contributed by atoms with E-state index in [2.05, 4.69) is 15.9 Å². The highest BCUT2D eigenvalue weighted by atomic mass is 79.9. The van der Waals surface area contributed by atoms with E-state index in [4.69, 9.17) is 5.11 Å². The summed E-state index contributed by atoms with van der Waals surface area (Å²) in [5.41, 5.74) is 1.79. The Bertz CT molecular complexity index is 407. The SMILES string of the molecule is Cc1cc(C(=O)N(C)CCCCCO)ccc1Br. The number of hydrogen-bond acceptors (Lipinski definition) is 2. The molecule has 1 aromatic rings. The molecule has 0 aliphatic heterocycles. The molecule has 0 spiro atoms. The Morgan fingerprint density at radius 1 is 1.33 bits per heavy atom. The molecule has 0 heterocycles. The van der Waals surface area contributed by atoms with Crippen LogP contribution < -0.4 is 0 Å². The van der Waals surface area contributed by atoms with E-state index in [9.17, 15) is 4.79 Å². The maximum atomic E-state index is 12.1. The van der Waals surface area contributed by atoms with Crippen molar-refractivity contribution in [3.8, 4) is 0 Å². The van der Waals surface area contributed by atoms with Crippen LogP contribution in [-0.2, 0) is 0 Å². The van der Waals surface area contributed by atoms with Gasteiger partial charge in [-0.1, -0.05) is 15.9 Å². The van der Waals surface area contributed by atoms with Crippen molar-refractivity contribution in [3.05, 3.63) is 33.8 Å². The van der Waals surface area contributed by atoms with E-state index in [0.29, 0.717) is 0 Å². The zero-order valence-corrected chi connectivity index (χ0v) is 12.5. The second-order valence-corrected chi connectivity index (χ2v) is 5.33. The lowest BCUT2D eigenvalue weighted by Gasteiger charge is -2.17. The Labute approximate surface area is 117 Å². The van der Waals surface area contributed by atoms with Gasteiger partial charge < -0.3 is 10.0 Å². The maximum Gasteiger partial charge on any atom is 0.253 e. The van der Waals surface area contributed by atoms with Crippen molar-refractivity contribution in [1.82, 2.24) is 4.90 Å². The van der Waals surface area contributed by atoms with E-state index >= 15 is 0 Å². The molecule has 0 bridgehead atoms. The van der Waals surface area contributed by atoms with E-state index < -0.39 is 0 Å². The van der Waals surface area contributed by atoms with Crippen molar-refractivity contribution < 1.29 is 9.90 Å². The molecule has 1 amide bonds. The van der Waals surface area contributed by atoms with Gasteiger partial charge in [-0.15, -0.1) is 0 Å². The van der Waals surface area contributed by atoms with Crippen molar-refractivity contribution in [2.24, 2.45) is 0 Å². The topological polar surface area (TPSA) is 40.5 Å². The van der Waals surface area contributed by atoms with Gasteiger partial charge in [-0.2, -0.15) is 0 Å². The highest BCUT2D eigenvalue weighted by Crippen LogP contribution is 2.18. The van der Waals surface area contributed by atoms with Crippen LogP contribution in [-0.4, -0.2) is 36.1 Å². The third-order valence-corrected chi connectivity index (χ3v) is 3.79. The fourth-order valence-corrected chi connectivity index (χ4v) is 1.98. The number of benzene rings is 1. The molecule has 0 saturated heterocycles. The summed E-state index contributed by atoms with van der Waals surface area (Å²) in [6.45, 7) is 2.93. The van der Waals surface area contributed by atoms with Crippen LogP contribution in [0.25, 0.3) is 0 Å². The van der Waals surface area contributed by atoms with Gasteiger partial charge in [0.05, 0.1) is 0 Å². The standard InChI is InChI=1S/C14H20BrNO2/c1-11-10-12(6-7-13(11)15)14(18)16(2)8-4-3-5-9-17/h6-7,10,17H,3-5,8-9H2,1-2H3. The van der Waals surface area contributed by atoms with Gasteiger partial charge in [0, 0.05) is 30.2 Å². The third kappa shape index (κ3) is 4.42. The minimum atomic E-state index is 0.0506. The molecule has 1 rings (SSSR count). The first kappa shape index (κ1) is 15.2. The van der Waals surface area contributed by atoms with Crippen molar-refractivity contribution in [2.75, 3.05) is 20.2 Å². The second kappa shape index (κ2) is 7.54. The third-order valence-electron chi connectivity index (χ3n) is 2.90. The summed E-state index contributed by atoms with van der Waals surface area (Å²) in [4.78, 5) is 13.9. The van der Waals surface area contributed by atoms with Crippen LogP contribution in [0, 0.1) is 6.92 Å². The quantitative estimate of drug-likeness (QED) is 0.820. The number of aliphatic hydroxyl groups is 1. The molecular formula is C14H20BrNO2. The Balaban J connectivity index is 2.54. The second-order valence-electron chi connectivity index (χ2n) is 4.47. The first-order valence-corrected chi connectivity index (χ1v) is 6.98. The summed E-state index contributed by atoms with van der Waals surface area (Å²) in [6, 6.07) is 5.64. The monoisotopic (exact) mass is 313 g/mol. The number of carbonyl (C=O) groups excluding carboxylic acids is 1. The molecule has 4 heteroatoms. The number of nitrogens with zero attached hydrogens (tertiary/aromatic N) is 1. The highest BCUT2D eigenvalue weighted by Gasteiger charge is 2.11. The zero-order chi connectivity index (χ0) is 13.5. The number of aryl methyl sites for hydroxylation is 1. The van der Waals surface area contributed by atoms with E-state index in [0.717, 1.165) is 41.4 Å². The highest BCUT2D eigenvalue weighted by molar-refractivity contribution is 9.10. The van der Waals surface area contributed by atoms with Gasteiger partial charge in [0.25, 0.3) is 5.91 Å². The maximum absolute atomic E-state index is 12.1. The summed E-state index contributed by atoms with van der Waals surface area (Å²) in [7, 11) is 1.82. The van der Waals surface area contributed by atoms with Gasteiger partial charge in [-0.25, -0.2) is 0 Å². The van der Waals surface area contributed by atoms with Crippen molar-refractivity contribution in [3.63, 3.8) is 0 Å². The summed E-state index contributed by atoms with van der Waals surface area (Å²) in [5.74, 6) is 0.0506. The zero-order valence-electron chi connectivity index (χ0n) is 10.9. The number of carbonyl (C=O) groups is 1. The fourth-order valence-electron chi connectivity index (χ4n) is 1.74. The summed E-state index contributed by atoms with van der Waals surface area (Å²) < 4.78 is 1.02. The molecule has 0 radical (unpaired) electrons. The van der Waals surface area contributed by atoms with Gasteiger partial charge >= 0.3 is 0 Å². The lowest BCUT2D eigenvalue weighted by atomic mass is 10.1. The van der Waals surface area contributed by atoms with Crippen LogP contribution in [0.4, 0.5) is 0 Å². The lowest BCUT2D eigenvalue weighted by Crippen LogP contribution is -2.27. The van der Waals surface area contributed by atoms with Crippen molar-refractivity contribution >= 4 is 21.8 Å². The Morgan fingerprint density at radius 2 is 2.06 bits per heavy atom. The average molecular weight is 314 g/mol. The molecule has 0 aromatic heterocycles. The lowest BCUT2D eigenvalue weighted by molar-refractivity contribution is 0.0792. The molecule has 0 saturated carbocycles. The molecule has 18 heavy (non-hydrogen) atoms. The van der Waals surface area contributed by atoms with Crippen LogP contribution in [0.15, 0.2) is 22.7 Å². The molecule has 1 N–H and O–H groups in total. The van der Waals surface area contributed by atoms with Crippen LogP contribution in [0.2, 0.25) is 0 Å². The van der Waals surface area contributed by atoms with E-state index in [1.165, 1.54) is 0 Å². The van der Waals surface area contributed by atoms with E-state index in [1.807, 2.05) is 32.2 Å². The molecule has 0 aliphatic carbocycles.